The van der Waals surface area contributed by atoms with Crippen LogP contribution in [0.1, 0.15) is 13.8 Å². The number of nitrogens with zero attached hydrogens (tertiary/aromatic N) is 2. The first-order valence-corrected chi connectivity index (χ1v) is 7.45. The molecule has 2 aliphatic heterocycles. The Morgan fingerprint density at radius 3 is 2.57 bits per heavy atom. The van der Waals surface area contributed by atoms with Gasteiger partial charge >= 0.3 is 0 Å². The highest BCUT2D eigenvalue weighted by Crippen LogP contribution is 2.27. The van der Waals surface area contributed by atoms with Gasteiger partial charge < -0.3 is 20.2 Å². The highest BCUT2D eigenvalue weighted by atomic mass is 16.3. The van der Waals surface area contributed by atoms with Crippen LogP contribution in [0.2, 0.25) is 0 Å². The minimum Gasteiger partial charge on any atom is -0.379 e. The second-order valence-electron chi connectivity index (χ2n) is 5.72. The van der Waals surface area contributed by atoms with Gasteiger partial charge in [0.25, 0.3) is 0 Å². The fourth-order valence-corrected chi connectivity index (χ4v) is 3.02. The molecule has 0 saturated carbocycles. The number of terminal acetylenes is 1. The maximum absolute atomic E-state index is 12.5. The summed E-state index contributed by atoms with van der Waals surface area (Å²) in [6, 6.07) is -0.375. The maximum Gasteiger partial charge on any atom is 0.229 e. The van der Waals surface area contributed by atoms with Crippen molar-refractivity contribution in [3.8, 4) is 12.3 Å². The van der Waals surface area contributed by atoms with Crippen LogP contribution >= 0.6 is 0 Å². The fraction of sp³-hybridized carbons (Fsp3) is 0.733. The van der Waals surface area contributed by atoms with Crippen LogP contribution in [0.4, 0.5) is 0 Å². The number of rotatable bonds is 4. The third-order valence-electron chi connectivity index (χ3n) is 4.57. The van der Waals surface area contributed by atoms with Crippen LogP contribution in [0.3, 0.4) is 0 Å². The van der Waals surface area contributed by atoms with Crippen molar-refractivity contribution < 1.29 is 14.7 Å². The predicted octanol–water partition coefficient (Wildman–Crippen LogP) is -1.10. The lowest BCUT2D eigenvalue weighted by molar-refractivity contribution is -0.148. The summed E-state index contributed by atoms with van der Waals surface area (Å²) in [6.07, 6.45) is 4.05. The first-order valence-electron chi connectivity index (χ1n) is 7.45. The van der Waals surface area contributed by atoms with E-state index in [1.165, 1.54) is 0 Å². The fourth-order valence-electron chi connectivity index (χ4n) is 3.02. The maximum atomic E-state index is 12.5. The van der Waals surface area contributed by atoms with Crippen molar-refractivity contribution in [1.29, 1.82) is 0 Å². The molecule has 0 bridgehead atoms. The van der Waals surface area contributed by atoms with Gasteiger partial charge in [-0.05, 0) is 6.54 Å². The van der Waals surface area contributed by atoms with Crippen LogP contribution in [-0.4, -0.2) is 71.6 Å². The molecule has 0 radical (unpaired) electrons. The summed E-state index contributed by atoms with van der Waals surface area (Å²) >= 11 is 0. The summed E-state index contributed by atoms with van der Waals surface area (Å²) in [4.78, 5) is 28.2. The molecule has 0 aromatic heterocycles. The zero-order chi connectivity index (χ0) is 15.6. The van der Waals surface area contributed by atoms with Gasteiger partial charge in [0.1, 0.15) is 6.10 Å². The molecule has 2 heterocycles. The minimum absolute atomic E-state index is 0.0185. The average Bonchev–Trinajstić information content (AvgIpc) is 2.50. The SMILES string of the molecule is C#CC(O)C1C(=O)NC1C(C)C(=O)N1CCN(CC)CC1. The summed E-state index contributed by atoms with van der Waals surface area (Å²) in [6.45, 7) is 8.06. The van der Waals surface area contributed by atoms with E-state index < -0.39 is 12.0 Å². The Kier molecular flexibility index (Phi) is 4.86. The third kappa shape index (κ3) is 3.04. The van der Waals surface area contributed by atoms with Crippen LogP contribution in [0.15, 0.2) is 0 Å². The monoisotopic (exact) mass is 293 g/mol. The standard InChI is InChI=1S/C15H23N3O3/c1-4-11(19)12-13(16-14(12)20)10(3)15(21)18-8-6-17(5-2)7-9-18/h1,10-13,19H,5-9H2,2-3H3,(H,16,20). The highest BCUT2D eigenvalue weighted by molar-refractivity contribution is 5.90. The Hall–Kier alpha value is -1.58. The molecule has 2 N–H and O–H groups in total. The summed E-state index contributed by atoms with van der Waals surface area (Å²) in [5, 5.41) is 12.4. The van der Waals surface area contributed by atoms with E-state index in [4.69, 9.17) is 6.42 Å². The summed E-state index contributed by atoms with van der Waals surface area (Å²) in [5.41, 5.74) is 0. The van der Waals surface area contributed by atoms with E-state index >= 15 is 0 Å². The van der Waals surface area contributed by atoms with Gasteiger partial charge in [-0.15, -0.1) is 6.42 Å². The summed E-state index contributed by atoms with van der Waals surface area (Å²) < 4.78 is 0. The molecule has 2 amide bonds. The van der Waals surface area contributed by atoms with Gasteiger partial charge in [0.2, 0.25) is 11.8 Å². The van der Waals surface area contributed by atoms with Crippen LogP contribution in [0.5, 0.6) is 0 Å². The molecule has 0 aromatic rings. The number of hydrogen-bond donors (Lipinski definition) is 2. The number of piperazine rings is 1. The number of aliphatic hydroxyl groups is 1. The predicted molar refractivity (Wildman–Crippen MR) is 78.1 cm³/mol. The lowest BCUT2D eigenvalue weighted by Crippen LogP contribution is -2.67. The molecule has 2 saturated heterocycles. The summed E-state index contributed by atoms with van der Waals surface area (Å²) in [7, 11) is 0. The van der Waals surface area contributed by atoms with E-state index in [0.29, 0.717) is 13.1 Å². The lowest BCUT2D eigenvalue weighted by atomic mass is 9.78. The average molecular weight is 293 g/mol. The highest BCUT2D eigenvalue weighted by Gasteiger charge is 2.48. The Balaban J connectivity index is 1.94. The molecule has 21 heavy (non-hydrogen) atoms. The van der Waals surface area contributed by atoms with Gasteiger partial charge in [0.15, 0.2) is 0 Å². The van der Waals surface area contributed by atoms with Gasteiger partial charge in [0.05, 0.1) is 17.9 Å². The van der Waals surface area contributed by atoms with Gasteiger partial charge in [0, 0.05) is 26.2 Å². The molecule has 2 fully saturated rings. The molecule has 2 aliphatic rings. The van der Waals surface area contributed by atoms with Crippen LogP contribution < -0.4 is 5.32 Å². The van der Waals surface area contributed by atoms with Crippen molar-refractivity contribution in [2.75, 3.05) is 32.7 Å². The molecular weight excluding hydrogens is 270 g/mol. The number of nitrogens with one attached hydrogen (secondary N) is 1. The Morgan fingerprint density at radius 2 is 2.10 bits per heavy atom. The number of likely N-dealkylation sites (N-methyl/N-ethyl adjacent to an activating group) is 1. The molecule has 6 nitrogen and oxygen atoms in total. The van der Waals surface area contributed by atoms with Crippen molar-refractivity contribution >= 4 is 11.8 Å². The zero-order valence-electron chi connectivity index (χ0n) is 12.6. The first kappa shape index (κ1) is 15.8. The second kappa shape index (κ2) is 6.46. The largest absolute Gasteiger partial charge is 0.379 e. The number of β-lactam (4-membered cyclic amide) rings is 1. The van der Waals surface area contributed by atoms with Crippen LogP contribution in [0.25, 0.3) is 0 Å². The van der Waals surface area contributed by atoms with Gasteiger partial charge in [-0.2, -0.15) is 0 Å². The molecule has 6 heteroatoms. The second-order valence-corrected chi connectivity index (χ2v) is 5.72. The van der Waals surface area contributed by atoms with E-state index in [2.05, 4.69) is 23.1 Å². The van der Waals surface area contributed by atoms with Crippen LogP contribution in [-0.2, 0) is 9.59 Å². The molecule has 116 valence electrons. The third-order valence-corrected chi connectivity index (χ3v) is 4.57. The summed E-state index contributed by atoms with van der Waals surface area (Å²) in [5.74, 6) is 0.872. The lowest BCUT2D eigenvalue weighted by Gasteiger charge is -2.43. The zero-order valence-corrected chi connectivity index (χ0v) is 12.6. The van der Waals surface area contributed by atoms with E-state index in [1.807, 2.05) is 4.90 Å². The molecule has 0 aliphatic carbocycles. The van der Waals surface area contributed by atoms with E-state index in [9.17, 15) is 14.7 Å². The minimum atomic E-state index is -1.13. The number of hydrogen-bond acceptors (Lipinski definition) is 4. The molecule has 2 rings (SSSR count). The van der Waals surface area contributed by atoms with Gasteiger partial charge in [-0.1, -0.05) is 19.8 Å². The Morgan fingerprint density at radius 1 is 1.48 bits per heavy atom. The Labute approximate surface area is 125 Å². The normalized spacial score (nSPS) is 29.0. The number of carbonyl (C=O) groups excluding carboxylic acids is 2. The molecule has 0 aromatic carbocycles. The number of amides is 2. The van der Waals surface area contributed by atoms with Gasteiger partial charge in [-0.25, -0.2) is 0 Å². The molecule has 0 spiro atoms. The van der Waals surface area contributed by atoms with E-state index in [1.54, 1.807) is 6.92 Å². The van der Waals surface area contributed by atoms with E-state index in [-0.39, 0.29) is 23.8 Å². The van der Waals surface area contributed by atoms with Crippen molar-refractivity contribution in [3.05, 3.63) is 0 Å². The quantitative estimate of drug-likeness (QED) is 0.509. The van der Waals surface area contributed by atoms with Gasteiger partial charge in [-0.3, -0.25) is 9.59 Å². The van der Waals surface area contributed by atoms with E-state index in [0.717, 1.165) is 19.6 Å². The van der Waals surface area contributed by atoms with Crippen molar-refractivity contribution in [2.24, 2.45) is 11.8 Å². The van der Waals surface area contributed by atoms with Crippen molar-refractivity contribution in [2.45, 2.75) is 26.0 Å². The molecule has 4 atom stereocenters. The Bertz CT molecular complexity index is 452. The first-order chi connectivity index (χ1) is 9.99. The molecule has 4 unspecified atom stereocenters. The smallest absolute Gasteiger partial charge is 0.229 e. The van der Waals surface area contributed by atoms with Crippen molar-refractivity contribution in [1.82, 2.24) is 15.1 Å². The number of aliphatic hydroxyl groups excluding tert-OH is 1. The van der Waals surface area contributed by atoms with Crippen LogP contribution in [0, 0.1) is 24.2 Å². The number of carbonyl (C=O) groups is 2. The molecular formula is C15H23N3O3. The van der Waals surface area contributed by atoms with Crippen molar-refractivity contribution in [3.63, 3.8) is 0 Å². The topological polar surface area (TPSA) is 72.9 Å².